The van der Waals surface area contributed by atoms with Crippen LogP contribution in [0.5, 0.6) is 5.75 Å². The molecule has 0 radical (unpaired) electrons. The number of hydrogen-bond donors (Lipinski definition) is 3. The van der Waals surface area contributed by atoms with Gasteiger partial charge in [-0.3, -0.25) is 9.59 Å². The molecule has 12 nitrogen and oxygen atoms in total. The summed E-state index contributed by atoms with van der Waals surface area (Å²) in [6, 6.07) is 4.30. The molecule has 0 bridgehead atoms. The summed E-state index contributed by atoms with van der Waals surface area (Å²) in [6.07, 6.45) is 1.49. The van der Waals surface area contributed by atoms with Crippen molar-refractivity contribution in [2.24, 2.45) is 0 Å². The molecule has 3 aromatic rings. The van der Waals surface area contributed by atoms with Crippen molar-refractivity contribution in [3.05, 3.63) is 62.1 Å². The lowest BCUT2D eigenvalue weighted by atomic mass is 10.1. The van der Waals surface area contributed by atoms with Crippen LogP contribution in [0.15, 0.2) is 34.0 Å². The van der Waals surface area contributed by atoms with Crippen LogP contribution in [0.25, 0.3) is 5.65 Å². The Hall–Kier alpha value is -3.93. The third-order valence-electron chi connectivity index (χ3n) is 5.50. The molecule has 1 aliphatic rings. The summed E-state index contributed by atoms with van der Waals surface area (Å²) in [5.74, 6) is -1.55. The molecule has 4 rings (SSSR count). The van der Waals surface area contributed by atoms with Gasteiger partial charge in [0.1, 0.15) is 12.2 Å². The van der Waals surface area contributed by atoms with Crippen LogP contribution in [0.1, 0.15) is 40.4 Å². The largest absolute Gasteiger partial charge is 0.503 e. The van der Waals surface area contributed by atoms with E-state index in [1.165, 1.54) is 22.7 Å². The molecule has 33 heavy (non-hydrogen) atoms. The van der Waals surface area contributed by atoms with Crippen molar-refractivity contribution in [2.45, 2.75) is 33.0 Å². The van der Waals surface area contributed by atoms with Gasteiger partial charge in [0.15, 0.2) is 17.1 Å². The minimum absolute atomic E-state index is 0.00647. The fourth-order valence-electron chi connectivity index (χ4n) is 3.84. The van der Waals surface area contributed by atoms with Gasteiger partial charge in [-0.1, -0.05) is 0 Å². The van der Waals surface area contributed by atoms with Crippen LogP contribution in [0.4, 0.5) is 0 Å². The summed E-state index contributed by atoms with van der Waals surface area (Å²) >= 11 is 0. The summed E-state index contributed by atoms with van der Waals surface area (Å²) in [5.41, 5.74) is -0.196. The smallest absolute Gasteiger partial charge is 0.347 e. The van der Waals surface area contributed by atoms with Crippen LogP contribution in [0.2, 0.25) is 0 Å². The fraction of sp³-hybridized carbons (Fsp3) is 0.381. The van der Waals surface area contributed by atoms with Crippen molar-refractivity contribution in [3.63, 3.8) is 0 Å². The van der Waals surface area contributed by atoms with Crippen LogP contribution in [-0.2, 0) is 17.8 Å². The Morgan fingerprint density at radius 2 is 2.09 bits per heavy atom. The fourth-order valence-corrected chi connectivity index (χ4v) is 3.84. The molecule has 0 aliphatic carbocycles. The maximum atomic E-state index is 12.8. The van der Waals surface area contributed by atoms with Gasteiger partial charge in [-0.15, -0.1) is 0 Å². The molecule has 3 N–H and O–H groups in total. The zero-order valence-corrected chi connectivity index (χ0v) is 18.2. The van der Waals surface area contributed by atoms with Crippen molar-refractivity contribution in [1.82, 2.24) is 29.4 Å². The number of nitrogens with one attached hydrogen (secondary N) is 2. The number of aromatic amines is 1. The van der Waals surface area contributed by atoms with E-state index in [4.69, 9.17) is 4.74 Å². The number of amides is 1. The predicted octanol–water partition coefficient (Wildman–Crippen LogP) is -0.299. The van der Waals surface area contributed by atoms with Gasteiger partial charge in [0.2, 0.25) is 5.43 Å². The third-order valence-corrected chi connectivity index (χ3v) is 5.50. The molecule has 174 valence electrons. The van der Waals surface area contributed by atoms with Gasteiger partial charge in [-0.25, -0.2) is 19.1 Å². The number of H-pyrrole nitrogens is 1. The van der Waals surface area contributed by atoms with E-state index < -0.39 is 22.8 Å². The van der Waals surface area contributed by atoms with Gasteiger partial charge in [-0.05, 0) is 26.0 Å². The Labute approximate surface area is 187 Å². The van der Waals surface area contributed by atoms with E-state index in [-0.39, 0.29) is 48.5 Å². The van der Waals surface area contributed by atoms with Crippen molar-refractivity contribution in [2.75, 3.05) is 19.7 Å². The molecule has 4 heterocycles. The molecular formula is C21H24N6O6. The summed E-state index contributed by atoms with van der Waals surface area (Å²) in [7, 11) is 0. The number of aromatic nitrogens is 4. The SMILES string of the molecule is CC(C)N1CCn2c(CNCCOC(=O)c3cccn4c(=O)[nH]nc34)cc(=O)c(O)c2C1=O. The molecule has 0 unspecified atom stereocenters. The predicted molar refractivity (Wildman–Crippen MR) is 116 cm³/mol. The van der Waals surface area contributed by atoms with E-state index in [9.17, 15) is 24.3 Å². The van der Waals surface area contributed by atoms with Gasteiger partial charge in [0, 0.05) is 50.2 Å². The third kappa shape index (κ3) is 4.12. The Bertz CT molecular complexity index is 1340. The molecule has 0 aromatic carbocycles. The minimum atomic E-state index is -0.626. The number of carbonyl (C=O) groups excluding carboxylic acids is 2. The molecular weight excluding hydrogens is 432 g/mol. The van der Waals surface area contributed by atoms with Gasteiger partial charge >= 0.3 is 11.7 Å². The summed E-state index contributed by atoms with van der Waals surface area (Å²) < 4.78 is 8.11. The second kappa shape index (κ2) is 8.90. The first kappa shape index (κ1) is 22.3. The Kier molecular flexibility index (Phi) is 6.01. The number of esters is 1. The van der Waals surface area contributed by atoms with Gasteiger partial charge in [0.25, 0.3) is 5.91 Å². The summed E-state index contributed by atoms with van der Waals surface area (Å²) in [5, 5.41) is 19.4. The van der Waals surface area contributed by atoms with E-state index in [1.807, 2.05) is 13.8 Å². The van der Waals surface area contributed by atoms with E-state index in [0.717, 1.165) is 0 Å². The van der Waals surface area contributed by atoms with Crippen molar-refractivity contribution in [3.8, 4) is 5.75 Å². The second-order valence-corrected chi connectivity index (χ2v) is 7.90. The zero-order chi connectivity index (χ0) is 23.7. The highest BCUT2D eigenvalue weighted by atomic mass is 16.5. The molecule has 0 atom stereocenters. The average molecular weight is 456 g/mol. The van der Waals surface area contributed by atoms with Crippen LogP contribution in [0, 0.1) is 0 Å². The molecule has 3 aromatic heterocycles. The number of ether oxygens (including phenoxy) is 1. The van der Waals surface area contributed by atoms with Crippen LogP contribution in [0.3, 0.4) is 0 Å². The number of carbonyl (C=O) groups is 2. The number of pyridine rings is 2. The Morgan fingerprint density at radius 1 is 1.30 bits per heavy atom. The standard InChI is InChI=1S/C21H24N6O6/c1-12(2)25-7-8-26-13(10-15(28)17(29)16(26)19(25)30)11-22-5-9-33-20(31)14-4-3-6-27-18(14)23-24-21(27)32/h3-4,6,10,12,22,29H,5,7-9,11H2,1-2H3,(H,24,32). The Balaban J connectivity index is 1.39. The Morgan fingerprint density at radius 3 is 2.85 bits per heavy atom. The zero-order valence-electron chi connectivity index (χ0n) is 18.2. The molecule has 1 aliphatic heterocycles. The minimum Gasteiger partial charge on any atom is -0.503 e. The van der Waals surface area contributed by atoms with Crippen LogP contribution < -0.4 is 16.4 Å². The van der Waals surface area contributed by atoms with Crippen molar-refractivity contribution < 1.29 is 19.4 Å². The molecule has 1 amide bonds. The summed E-state index contributed by atoms with van der Waals surface area (Å²) in [4.78, 5) is 50.6. The lowest BCUT2D eigenvalue weighted by Crippen LogP contribution is -2.46. The van der Waals surface area contributed by atoms with Crippen LogP contribution in [-0.4, -0.2) is 66.8 Å². The number of aromatic hydroxyl groups is 1. The summed E-state index contributed by atoms with van der Waals surface area (Å²) in [6.45, 7) is 5.22. The monoisotopic (exact) mass is 456 g/mol. The van der Waals surface area contributed by atoms with E-state index >= 15 is 0 Å². The van der Waals surface area contributed by atoms with Gasteiger partial charge in [-0.2, -0.15) is 5.10 Å². The first-order chi connectivity index (χ1) is 15.8. The number of nitrogens with zero attached hydrogens (tertiary/aromatic N) is 4. The maximum Gasteiger partial charge on any atom is 0.347 e. The van der Waals surface area contributed by atoms with E-state index in [2.05, 4.69) is 15.5 Å². The number of fused-ring (bicyclic) bond motifs is 2. The van der Waals surface area contributed by atoms with Crippen molar-refractivity contribution in [1.29, 1.82) is 0 Å². The maximum absolute atomic E-state index is 12.8. The molecule has 0 fully saturated rings. The first-order valence-electron chi connectivity index (χ1n) is 10.5. The van der Waals surface area contributed by atoms with Gasteiger partial charge < -0.3 is 24.6 Å². The molecule has 0 saturated heterocycles. The molecule has 0 saturated carbocycles. The van der Waals surface area contributed by atoms with E-state index in [1.54, 1.807) is 15.5 Å². The topological polar surface area (TPSA) is 151 Å². The lowest BCUT2D eigenvalue weighted by Gasteiger charge is -2.34. The number of rotatable bonds is 7. The second-order valence-electron chi connectivity index (χ2n) is 7.90. The first-order valence-corrected chi connectivity index (χ1v) is 10.5. The van der Waals surface area contributed by atoms with Gasteiger partial charge in [0.05, 0.1) is 0 Å². The quantitative estimate of drug-likeness (QED) is 0.324. The van der Waals surface area contributed by atoms with E-state index in [0.29, 0.717) is 18.8 Å². The molecule has 12 heteroatoms. The number of hydrogen-bond acceptors (Lipinski definition) is 8. The molecule has 0 spiro atoms. The normalized spacial score (nSPS) is 13.5. The highest BCUT2D eigenvalue weighted by Crippen LogP contribution is 2.22. The highest BCUT2D eigenvalue weighted by Gasteiger charge is 2.31. The average Bonchev–Trinajstić information content (AvgIpc) is 3.17. The lowest BCUT2D eigenvalue weighted by molar-refractivity contribution is 0.0508. The van der Waals surface area contributed by atoms with Crippen molar-refractivity contribution >= 4 is 17.5 Å². The van der Waals surface area contributed by atoms with Crippen LogP contribution >= 0.6 is 0 Å². The highest BCUT2D eigenvalue weighted by molar-refractivity contribution is 5.96.